The van der Waals surface area contributed by atoms with Crippen LogP contribution in [-0.2, 0) is 4.79 Å². The Morgan fingerprint density at radius 2 is 2.44 bits per heavy atom. The molecule has 0 radical (unpaired) electrons. The minimum absolute atomic E-state index is 0.353. The first-order valence-electron chi connectivity index (χ1n) is 2.90. The Hall–Kier alpha value is -0.220. The zero-order chi connectivity index (χ0) is 6.85. The summed E-state index contributed by atoms with van der Waals surface area (Å²) in [6, 6.07) is -0.353. The van der Waals surface area contributed by atoms with Crippen LogP contribution in [0.1, 0.15) is 12.8 Å². The molecule has 0 aromatic carbocycles. The number of carboxylic acids is 1. The second kappa shape index (κ2) is 2.58. The molecule has 52 valence electrons. The van der Waals surface area contributed by atoms with Gasteiger partial charge in [0.15, 0.2) is 0 Å². The van der Waals surface area contributed by atoms with Gasteiger partial charge in [0.1, 0.15) is 6.04 Å². The van der Waals surface area contributed by atoms with Crippen molar-refractivity contribution in [3.8, 4) is 0 Å². The van der Waals surface area contributed by atoms with Gasteiger partial charge in [-0.15, -0.1) is 0 Å². The van der Waals surface area contributed by atoms with E-state index in [1.54, 1.807) is 4.31 Å². The number of nitrogens with zero attached hydrogens (tertiary/aromatic N) is 1. The van der Waals surface area contributed by atoms with E-state index in [1.807, 2.05) is 0 Å². The molecule has 0 bridgehead atoms. The first kappa shape index (κ1) is 6.89. The van der Waals surface area contributed by atoms with Crippen LogP contribution in [0.4, 0.5) is 0 Å². The van der Waals surface area contributed by atoms with E-state index in [2.05, 4.69) is 12.8 Å². The van der Waals surface area contributed by atoms with Crippen molar-refractivity contribution in [2.75, 3.05) is 6.54 Å². The van der Waals surface area contributed by atoms with Gasteiger partial charge in [-0.3, -0.25) is 4.79 Å². The van der Waals surface area contributed by atoms with E-state index < -0.39 is 5.97 Å². The fourth-order valence-corrected chi connectivity index (χ4v) is 1.36. The third-order valence-corrected chi connectivity index (χ3v) is 1.99. The maximum absolute atomic E-state index is 10.3. The van der Waals surface area contributed by atoms with Gasteiger partial charge >= 0.3 is 5.97 Å². The summed E-state index contributed by atoms with van der Waals surface area (Å²) < 4.78 is 1.57. The molecule has 1 saturated heterocycles. The fraction of sp³-hybridized carbons (Fsp3) is 0.800. The highest BCUT2D eigenvalue weighted by molar-refractivity contribution is 7.77. The monoisotopic (exact) mass is 147 g/mol. The first-order chi connectivity index (χ1) is 4.22. The molecule has 1 atom stereocenters. The molecule has 0 aromatic rings. The van der Waals surface area contributed by atoms with Crippen molar-refractivity contribution >= 4 is 18.8 Å². The van der Waals surface area contributed by atoms with E-state index in [-0.39, 0.29) is 6.04 Å². The van der Waals surface area contributed by atoms with Crippen molar-refractivity contribution in [1.82, 2.24) is 4.31 Å². The van der Waals surface area contributed by atoms with Crippen molar-refractivity contribution in [2.45, 2.75) is 18.9 Å². The molecular formula is C5H9NO2S. The van der Waals surface area contributed by atoms with Crippen LogP contribution in [0.3, 0.4) is 0 Å². The largest absolute Gasteiger partial charge is 0.480 e. The van der Waals surface area contributed by atoms with Gasteiger partial charge in [-0.1, -0.05) is 12.8 Å². The van der Waals surface area contributed by atoms with Crippen molar-refractivity contribution in [3.05, 3.63) is 0 Å². The second-order valence-electron chi connectivity index (χ2n) is 2.16. The number of hydrogen-bond acceptors (Lipinski definition) is 3. The number of aliphatic carboxylic acids is 1. The summed E-state index contributed by atoms with van der Waals surface area (Å²) in [5.74, 6) is -0.762. The maximum Gasteiger partial charge on any atom is 0.321 e. The maximum atomic E-state index is 10.3. The Morgan fingerprint density at radius 3 is 2.67 bits per heavy atom. The molecule has 1 N–H and O–H groups in total. The van der Waals surface area contributed by atoms with Crippen LogP contribution < -0.4 is 0 Å². The Kier molecular flexibility index (Phi) is 1.97. The first-order valence-corrected chi connectivity index (χ1v) is 3.30. The molecule has 0 unspecified atom stereocenters. The number of rotatable bonds is 1. The average molecular weight is 147 g/mol. The molecule has 0 saturated carbocycles. The van der Waals surface area contributed by atoms with Crippen molar-refractivity contribution < 1.29 is 9.90 Å². The standard InChI is InChI=1S/C5H9NO2S/c7-5(8)4-2-1-3-6(4)9/h4,9H,1-3H2,(H,7,8)/t4-/m1/s1. The Morgan fingerprint density at radius 1 is 1.78 bits per heavy atom. The molecule has 1 fully saturated rings. The molecule has 9 heavy (non-hydrogen) atoms. The fourth-order valence-electron chi connectivity index (χ4n) is 1.00. The molecule has 0 spiro atoms. The third-order valence-electron chi connectivity index (χ3n) is 1.51. The number of thiol groups is 1. The normalized spacial score (nSPS) is 28.8. The van der Waals surface area contributed by atoms with Gasteiger partial charge in [-0.05, 0) is 12.8 Å². The lowest BCUT2D eigenvalue weighted by molar-refractivity contribution is -0.140. The van der Waals surface area contributed by atoms with E-state index in [0.29, 0.717) is 0 Å². The Bertz CT molecular complexity index is 128. The topological polar surface area (TPSA) is 40.5 Å². The highest BCUT2D eigenvalue weighted by Gasteiger charge is 2.27. The minimum atomic E-state index is -0.762. The number of carboxylic acid groups (broad SMARTS) is 1. The Labute approximate surface area is 59.2 Å². The molecule has 1 aliphatic rings. The van der Waals surface area contributed by atoms with Crippen molar-refractivity contribution in [1.29, 1.82) is 0 Å². The molecule has 0 amide bonds. The summed E-state index contributed by atoms with van der Waals surface area (Å²) in [5, 5.41) is 8.49. The summed E-state index contributed by atoms with van der Waals surface area (Å²) in [4.78, 5) is 10.3. The van der Waals surface area contributed by atoms with Crippen molar-refractivity contribution in [2.24, 2.45) is 0 Å². The number of carbonyl (C=O) groups is 1. The molecule has 1 aliphatic heterocycles. The molecule has 1 heterocycles. The van der Waals surface area contributed by atoms with Crippen molar-refractivity contribution in [3.63, 3.8) is 0 Å². The summed E-state index contributed by atoms with van der Waals surface area (Å²) in [5.41, 5.74) is 0. The second-order valence-corrected chi connectivity index (χ2v) is 2.67. The minimum Gasteiger partial charge on any atom is -0.480 e. The summed E-state index contributed by atoms with van der Waals surface area (Å²) in [6.45, 7) is 0.792. The predicted molar refractivity (Wildman–Crippen MR) is 36.3 cm³/mol. The molecule has 0 aromatic heterocycles. The van der Waals surface area contributed by atoms with E-state index in [4.69, 9.17) is 5.11 Å². The van der Waals surface area contributed by atoms with Crippen LogP contribution >= 0.6 is 12.8 Å². The number of hydrogen-bond donors (Lipinski definition) is 2. The van der Waals surface area contributed by atoms with Gasteiger partial charge in [-0.2, -0.15) is 0 Å². The molecule has 4 heteroatoms. The summed E-state index contributed by atoms with van der Waals surface area (Å²) in [7, 11) is 0. The van der Waals surface area contributed by atoms with Gasteiger partial charge in [-0.25, -0.2) is 4.31 Å². The highest BCUT2D eigenvalue weighted by atomic mass is 32.1. The molecular weight excluding hydrogens is 138 g/mol. The van der Waals surface area contributed by atoms with Crippen LogP contribution in [0, 0.1) is 0 Å². The summed E-state index contributed by atoms with van der Waals surface area (Å²) in [6.07, 6.45) is 1.68. The lowest BCUT2D eigenvalue weighted by Gasteiger charge is -2.11. The van der Waals surface area contributed by atoms with Crippen LogP contribution in [0.2, 0.25) is 0 Å². The molecule has 3 nitrogen and oxygen atoms in total. The zero-order valence-corrected chi connectivity index (χ0v) is 5.84. The quantitative estimate of drug-likeness (QED) is 0.527. The van der Waals surface area contributed by atoms with E-state index in [0.717, 1.165) is 19.4 Å². The smallest absolute Gasteiger partial charge is 0.321 e. The lowest BCUT2D eigenvalue weighted by Crippen LogP contribution is -2.28. The summed E-state index contributed by atoms with van der Waals surface area (Å²) >= 11 is 3.98. The van der Waals surface area contributed by atoms with Crippen LogP contribution in [0.5, 0.6) is 0 Å². The highest BCUT2D eigenvalue weighted by Crippen LogP contribution is 2.18. The SMILES string of the molecule is O=C(O)[C@H]1CCCN1S. The van der Waals surface area contributed by atoms with Gasteiger partial charge in [0.2, 0.25) is 0 Å². The van der Waals surface area contributed by atoms with Gasteiger partial charge < -0.3 is 5.11 Å². The predicted octanol–water partition coefficient (Wildman–Crippen LogP) is 0.380. The van der Waals surface area contributed by atoms with Gasteiger partial charge in [0, 0.05) is 6.54 Å². The van der Waals surface area contributed by atoms with Crippen LogP contribution in [0.15, 0.2) is 0 Å². The van der Waals surface area contributed by atoms with E-state index in [1.165, 1.54) is 0 Å². The van der Waals surface area contributed by atoms with E-state index in [9.17, 15) is 4.79 Å². The Balaban J connectivity index is 2.49. The molecule has 0 aliphatic carbocycles. The zero-order valence-electron chi connectivity index (χ0n) is 4.95. The van der Waals surface area contributed by atoms with Crippen LogP contribution in [-0.4, -0.2) is 28.0 Å². The average Bonchev–Trinajstić information content (AvgIpc) is 2.13. The van der Waals surface area contributed by atoms with Gasteiger partial charge in [0.05, 0.1) is 0 Å². The lowest BCUT2D eigenvalue weighted by atomic mass is 10.2. The third kappa shape index (κ3) is 1.37. The molecule has 1 rings (SSSR count). The van der Waals surface area contributed by atoms with E-state index >= 15 is 0 Å². The van der Waals surface area contributed by atoms with Crippen LogP contribution in [0.25, 0.3) is 0 Å². The van der Waals surface area contributed by atoms with Gasteiger partial charge in [0.25, 0.3) is 0 Å².